The number of furan rings is 1. The third kappa shape index (κ3) is 6.83. The van der Waals surface area contributed by atoms with Gasteiger partial charge in [-0.05, 0) is 149 Å². The van der Waals surface area contributed by atoms with E-state index in [1.807, 2.05) is 12.1 Å². The summed E-state index contributed by atoms with van der Waals surface area (Å²) in [7, 11) is 0. The predicted octanol–water partition coefficient (Wildman–Crippen LogP) is 8.03. The Balaban J connectivity index is 0.927. The second-order valence-corrected chi connectivity index (χ2v) is 26.8. The number of aliphatic hydroxyl groups is 3. The molecule has 5 saturated carbocycles. The van der Waals surface area contributed by atoms with Crippen LogP contribution in [0.1, 0.15) is 147 Å². The van der Waals surface area contributed by atoms with Crippen molar-refractivity contribution in [3.8, 4) is 0 Å². The van der Waals surface area contributed by atoms with Crippen molar-refractivity contribution in [2.24, 2.45) is 74.9 Å². The van der Waals surface area contributed by atoms with Crippen molar-refractivity contribution in [3.05, 3.63) is 71.8 Å². The van der Waals surface area contributed by atoms with Crippen molar-refractivity contribution < 1.29 is 53.1 Å². The minimum atomic E-state index is -1.48. The largest absolute Gasteiger partial charge is 0.469 e. The van der Waals surface area contributed by atoms with Crippen LogP contribution in [0.15, 0.2) is 59.4 Å². The summed E-state index contributed by atoms with van der Waals surface area (Å²) in [5.41, 5.74) is -4.40. The second kappa shape index (κ2) is 18.0. The van der Waals surface area contributed by atoms with Crippen molar-refractivity contribution in [2.75, 3.05) is 26.4 Å². The van der Waals surface area contributed by atoms with Gasteiger partial charge in [0.1, 0.15) is 30.2 Å². The van der Waals surface area contributed by atoms with Gasteiger partial charge < -0.3 is 43.6 Å². The van der Waals surface area contributed by atoms with Crippen LogP contribution in [0.4, 0.5) is 0 Å². The number of hydrogen-bond acceptors (Lipinski definition) is 13. The molecule has 19 atom stereocenters. The van der Waals surface area contributed by atoms with Crippen molar-refractivity contribution in [1.29, 1.82) is 0 Å². The molecule has 7 heterocycles. The number of carbonyl (C=O) groups is 3. The van der Waals surface area contributed by atoms with Gasteiger partial charge in [-0.15, -0.1) is 0 Å². The number of ketones is 1. The Bertz CT molecular complexity index is 2520. The predicted molar refractivity (Wildman–Crippen MR) is 272 cm³/mol. The Morgan fingerprint density at radius 2 is 1.73 bits per heavy atom. The lowest BCUT2D eigenvalue weighted by molar-refractivity contribution is -0.285. The zero-order chi connectivity index (χ0) is 51.2. The average Bonchev–Trinajstić information content (AvgIpc) is 4.03. The van der Waals surface area contributed by atoms with Gasteiger partial charge in [-0.1, -0.05) is 82.9 Å². The van der Waals surface area contributed by atoms with E-state index in [0.717, 1.165) is 89.4 Å². The Hall–Kier alpha value is -3.59. The maximum absolute atomic E-state index is 16.5. The van der Waals surface area contributed by atoms with Crippen LogP contribution < -0.4 is 5.32 Å². The molecule has 3 spiro atoms. The molecule has 13 nitrogen and oxygen atoms in total. The Kier molecular flexibility index (Phi) is 12.1. The number of ether oxygens (including phenoxy) is 4. The number of Topliss-reactive ketones (excluding diaryl/α,β-unsaturated/α-hetero) is 1. The summed E-state index contributed by atoms with van der Waals surface area (Å²) < 4.78 is 34.8. The van der Waals surface area contributed by atoms with Gasteiger partial charge in [-0.2, -0.15) is 0 Å². The fourth-order valence-corrected chi connectivity index (χ4v) is 20.1. The highest BCUT2D eigenvalue weighted by molar-refractivity contribution is 5.93. The van der Waals surface area contributed by atoms with Crippen molar-refractivity contribution in [1.82, 2.24) is 10.2 Å². The third-order valence-corrected chi connectivity index (χ3v) is 23.1. The molecule has 2 aromatic rings. The Morgan fingerprint density at radius 3 is 2.51 bits per heavy atom. The van der Waals surface area contributed by atoms with Gasteiger partial charge in [0, 0.05) is 40.8 Å². The van der Waals surface area contributed by atoms with E-state index in [0.29, 0.717) is 68.1 Å². The fraction of sp³-hybridized carbons (Fsp3) is 0.754. The highest BCUT2D eigenvalue weighted by Gasteiger charge is 2.94. The topological polar surface area (TPSA) is 181 Å². The van der Waals surface area contributed by atoms with Gasteiger partial charge >= 0.3 is 11.9 Å². The molecule has 402 valence electrons. The molecule has 19 unspecified atom stereocenters. The van der Waals surface area contributed by atoms with Crippen LogP contribution >= 0.6 is 0 Å². The van der Waals surface area contributed by atoms with Crippen molar-refractivity contribution in [2.45, 2.75) is 185 Å². The van der Waals surface area contributed by atoms with Gasteiger partial charge in [-0.25, -0.2) is 4.79 Å². The first kappa shape index (κ1) is 49.9. The van der Waals surface area contributed by atoms with Crippen molar-refractivity contribution in [3.63, 3.8) is 0 Å². The molecule has 5 saturated heterocycles. The molecule has 1 aromatic carbocycles. The summed E-state index contributed by atoms with van der Waals surface area (Å²) in [5.74, 6) is -0.372. The van der Waals surface area contributed by atoms with E-state index in [2.05, 4.69) is 74.5 Å². The van der Waals surface area contributed by atoms with Crippen molar-refractivity contribution >= 4 is 17.7 Å². The number of epoxide rings is 1. The minimum Gasteiger partial charge on any atom is -0.469 e. The highest BCUT2D eigenvalue weighted by atomic mass is 16.7. The maximum atomic E-state index is 16.5. The van der Waals surface area contributed by atoms with Gasteiger partial charge in [0.05, 0.1) is 48.7 Å². The summed E-state index contributed by atoms with van der Waals surface area (Å²) in [6, 6.07) is 13.0. The molecular formula is C61H82N2O11. The molecule has 11 aliphatic rings. The normalized spacial score (nSPS) is 45.4. The van der Waals surface area contributed by atoms with Gasteiger partial charge in [-0.3, -0.25) is 14.9 Å². The molecule has 6 aliphatic heterocycles. The first-order chi connectivity index (χ1) is 35.7. The molecular weight excluding hydrogens is 937 g/mol. The summed E-state index contributed by atoms with van der Waals surface area (Å²) in [6.45, 7) is 10.1. The van der Waals surface area contributed by atoms with Gasteiger partial charge in [0.15, 0.2) is 11.9 Å². The van der Waals surface area contributed by atoms with E-state index in [-0.39, 0.29) is 48.6 Å². The zero-order valence-corrected chi connectivity index (χ0v) is 44.3. The number of aliphatic hydroxyl groups excluding tert-OH is 3. The molecule has 0 bridgehead atoms. The fourth-order valence-electron chi connectivity index (χ4n) is 20.1. The SMILES string of the molecule is CC(C)CCC1(C)OC2C3(CCCC3)C(=O)OCC23C1C(=O)C(O)C1(C2CCCC(Cc4ccccc4)C2)C3CCC2(C)C(c3ccoc3CC(C(O)CO)C3CCC4C(C=CN5CNCC45)C3)OC(=O)C3OC321. The number of cyclic esters (lactones) is 2. The molecule has 5 aliphatic carbocycles. The van der Waals surface area contributed by atoms with Crippen LogP contribution in [0.3, 0.4) is 0 Å². The lowest BCUT2D eigenvalue weighted by Gasteiger charge is -2.70. The van der Waals surface area contributed by atoms with E-state index in [1.165, 1.54) is 5.56 Å². The molecule has 10 fully saturated rings. The standard InChI is InChI=1S/C61H82N2O11/c1-35(2)17-24-57(4)49-48(66)50(67)60(40-14-10-13-37(28-40)27-36-11-6-5-7-12-36)47(59(49)33-71-55(69)58(54(59)74-57)21-8-9-22-58)18-23-56(3)51(72-53(68)52-61(56,60)73-52)42-20-26-70-46(42)30-43(45(65)32-64)38-15-16-41-39(29-38)19-25-63-34-62-31-44(41)63/h5-7,11-12,19-20,25-26,35,37-41,43-45,47,49-52,54,62,64-65,67H,8-10,13-18,21-24,27-34H2,1-4H3. The average molecular weight is 1020 g/mol. The molecule has 4 N–H and O–H groups in total. The van der Waals surface area contributed by atoms with E-state index in [1.54, 1.807) is 6.26 Å². The summed E-state index contributed by atoms with van der Waals surface area (Å²) in [5, 5.41) is 39.9. The van der Waals surface area contributed by atoms with E-state index in [4.69, 9.17) is 23.4 Å². The first-order valence-corrected chi connectivity index (χ1v) is 29.2. The summed E-state index contributed by atoms with van der Waals surface area (Å²) in [6.07, 6.45) is 14.4. The number of carbonyl (C=O) groups excluding carboxylic acids is 3. The quantitative estimate of drug-likeness (QED) is 0.119. The molecule has 74 heavy (non-hydrogen) atoms. The van der Waals surface area contributed by atoms with E-state index >= 15 is 9.59 Å². The number of fused-ring (bicyclic) bond motifs is 5. The molecule has 13 heteroatoms. The summed E-state index contributed by atoms with van der Waals surface area (Å²) >= 11 is 0. The van der Waals surface area contributed by atoms with Crippen LogP contribution in [0.5, 0.6) is 0 Å². The molecule has 13 rings (SSSR count). The number of rotatable bonds is 12. The smallest absolute Gasteiger partial charge is 0.339 e. The molecule has 1 aromatic heterocycles. The Labute approximate surface area is 437 Å². The van der Waals surface area contributed by atoms with Crippen LogP contribution in [-0.4, -0.2) is 106 Å². The lowest BCUT2D eigenvalue weighted by atomic mass is 9.32. The number of esters is 2. The zero-order valence-electron chi connectivity index (χ0n) is 44.3. The Morgan fingerprint density at radius 1 is 0.919 bits per heavy atom. The van der Waals surface area contributed by atoms with Gasteiger partial charge in [0.25, 0.3) is 0 Å². The highest BCUT2D eigenvalue weighted by Crippen LogP contribution is 2.84. The first-order valence-electron chi connectivity index (χ1n) is 29.2. The third-order valence-electron chi connectivity index (χ3n) is 23.1. The number of hydrogen-bond donors (Lipinski definition) is 4. The summed E-state index contributed by atoms with van der Waals surface area (Å²) in [4.78, 5) is 48.6. The second-order valence-electron chi connectivity index (χ2n) is 26.8. The van der Waals surface area contributed by atoms with Gasteiger partial charge in [0.2, 0.25) is 0 Å². The monoisotopic (exact) mass is 1020 g/mol. The minimum absolute atomic E-state index is 0.0331. The number of allylic oxidation sites excluding steroid dienone is 1. The molecule has 0 amide bonds. The van der Waals surface area contributed by atoms with E-state index in [9.17, 15) is 20.1 Å². The lowest BCUT2D eigenvalue weighted by Crippen LogP contribution is -2.80. The number of benzene rings is 1. The van der Waals surface area contributed by atoms with Crippen LogP contribution in [-0.2, 0) is 46.2 Å². The number of nitrogens with one attached hydrogen (secondary N) is 1. The van der Waals surface area contributed by atoms with Crippen LogP contribution in [0, 0.1) is 74.9 Å². The maximum Gasteiger partial charge on any atom is 0.339 e. The van der Waals surface area contributed by atoms with Crippen LogP contribution in [0.25, 0.3) is 0 Å². The number of nitrogens with zero attached hydrogens (tertiary/aromatic N) is 1. The molecule has 0 radical (unpaired) electrons. The van der Waals surface area contributed by atoms with E-state index < -0.39 is 81.2 Å². The van der Waals surface area contributed by atoms with Crippen LogP contribution in [0.2, 0.25) is 0 Å².